The van der Waals surface area contributed by atoms with E-state index in [4.69, 9.17) is 0 Å². The van der Waals surface area contributed by atoms with E-state index in [9.17, 15) is 23.1 Å². The number of carbonyl (C=O) groups is 1. The van der Waals surface area contributed by atoms with Crippen molar-refractivity contribution in [3.05, 3.63) is 35.4 Å². The molecule has 0 aliphatic carbocycles. The number of carbonyl (C=O) groups excluding carboxylic acids is 1. The minimum atomic E-state index is -4.54. The fourth-order valence-corrected chi connectivity index (χ4v) is 2.65. The normalized spacial score (nSPS) is 18.0. The number of aliphatic hydroxyl groups excluding tert-OH is 1. The summed E-state index contributed by atoms with van der Waals surface area (Å²) in [7, 11) is 0. The largest absolute Gasteiger partial charge is 0.417 e. The van der Waals surface area contributed by atoms with Gasteiger partial charge >= 0.3 is 6.18 Å². The van der Waals surface area contributed by atoms with Crippen LogP contribution < -0.4 is 0 Å². The molecule has 2 rings (SSSR count). The van der Waals surface area contributed by atoms with Gasteiger partial charge in [-0.3, -0.25) is 9.69 Å². The van der Waals surface area contributed by atoms with Crippen molar-refractivity contribution in [3.8, 4) is 0 Å². The van der Waals surface area contributed by atoms with Crippen LogP contribution in [0.5, 0.6) is 0 Å². The first-order chi connectivity index (χ1) is 10.8. The topological polar surface area (TPSA) is 43.8 Å². The van der Waals surface area contributed by atoms with Crippen molar-refractivity contribution in [2.24, 2.45) is 0 Å². The molecule has 0 saturated carbocycles. The summed E-state index contributed by atoms with van der Waals surface area (Å²) in [6.45, 7) is 4.24. The van der Waals surface area contributed by atoms with E-state index in [1.807, 2.05) is 11.8 Å². The summed E-state index contributed by atoms with van der Waals surface area (Å²) < 4.78 is 39.0. The van der Waals surface area contributed by atoms with Gasteiger partial charge in [0, 0.05) is 32.7 Å². The average molecular weight is 330 g/mol. The third kappa shape index (κ3) is 4.45. The molecule has 23 heavy (non-hydrogen) atoms. The van der Waals surface area contributed by atoms with Crippen molar-refractivity contribution in [1.82, 2.24) is 9.80 Å². The molecule has 1 N–H and O–H groups in total. The number of nitrogens with zero attached hydrogens (tertiary/aromatic N) is 2. The van der Waals surface area contributed by atoms with Crippen LogP contribution >= 0.6 is 0 Å². The van der Waals surface area contributed by atoms with Crippen LogP contribution in [-0.2, 0) is 6.18 Å². The molecule has 0 unspecified atom stereocenters. The molecule has 0 radical (unpaired) electrons. The Labute approximate surface area is 133 Å². The number of benzene rings is 1. The first-order valence-electron chi connectivity index (χ1n) is 7.68. The van der Waals surface area contributed by atoms with Gasteiger partial charge in [-0.15, -0.1) is 0 Å². The minimum Gasteiger partial charge on any atom is -0.392 e. The summed E-state index contributed by atoms with van der Waals surface area (Å²) >= 11 is 0. The lowest BCUT2D eigenvalue weighted by Gasteiger charge is -2.35. The fraction of sp³-hybridized carbons (Fsp3) is 0.562. The van der Waals surface area contributed by atoms with E-state index in [0.717, 1.165) is 6.07 Å². The maximum atomic E-state index is 13.0. The van der Waals surface area contributed by atoms with Crippen molar-refractivity contribution in [1.29, 1.82) is 0 Å². The Kier molecular flexibility index (Phi) is 5.64. The number of aliphatic hydroxyl groups is 1. The summed E-state index contributed by atoms with van der Waals surface area (Å²) in [6, 6.07) is 4.87. The number of hydrogen-bond acceptors (Lipinski definition) is 3. The molecule has 1 amide bonds. The van der Waals surface area contributed by atoms with Crippen LogP contribution in [0, 0.1) is 0 Å². The second kappa shape index (κ2) is 7.31. The second-order valence-electron chi connectivity index (χ2n) is 5.70. The van der Waals surface area contributed by atoms with Crippen LogP contribution in [0.2, 0.25) is 0 Å². The minimum absolute atomic E-state index is 0.304. The van der Waals surface area contributed by atoms with Crippen LogP contribution in [0.3, 0.4) is 0 Å². The predicted molar refractivity (Wildman–Crippen MR) is 80.1 cm³/mol. The highest BCUT2D eigenvalue weighted by Crippen LogP contribution is 2.32. The third-order valence-corrected chi connectivity index (χ3v) is 4.06. The fourth-order valence-electron chi connectivity index (χ4n) is 2.65. The quantitative estimate of drug-likeness (QED) is 0.921. The van der Waals surface area contributed by atoms with Crippen LogP contribution in [0.1, 0.15) is 29.3 Å². The lowest BCUT2D eigenvalue weighted by molar-refractivity contribution is -0.138. The first kappa shape index (κ1) is 17.7. The highest BCUT2D eigenvalue weighted by Gasteiger charge is 2.36. The third-order valence-electron chi connectivity index (χ3n) is 4.06. The van der Waals surface area contributed by atoms with Crippen LogP contribution in [0.15, 0.2) is 24.3 Å². The van der Waals surface area contributed by atoms with Gasteiger partial charge in [-0.05, 0) is 18.6 Å². The summed E-state index contributed by atoms with van der Waals surface area (Å²) in [5.41, 5.74) is -1.20. The van der Waals surface area contributed by atoms with Gasteiger partial charge in [0.2, 0.25) is 0 Å². The molecule has 1 atom stereocenters. The molecular weight excluding hydrogens is 309 g/mol. The van der Waals surface area contributed by atoms with Gasteiger partial charge in [-0.25, -0.2) is 0 Å². The first-order valence-corrected chi connectivity index (χ1v) is 7.68. The van der Waals surface area contributed by atoms with E-state index < -0.39 is 23.8 Å². The molecule has 1 aliphatic heterocycles. The Morgan fingerprint density at radius 3 is 2.39 bits per heavy atom. The summed E-state index contributed by atoms with van der Waals surface area (Å²) in [4.78, 5) is 15.9. The van der Waals surface area contributed by atoms with Gasteiger partial charge in [0.1, 0.15) is 0 Å². The molecule has 1 aromatic carbocycles. The SMILES string of the molecule is CC[C@H](O)CN1CCN(C(=O)c2ccccc2C(F)(F)F)CC1. The average Bonchev–Trinajstić information content (AvgIpc) is 2.54. The second-order valence-corrected chi connectivity index (χ2v) is 5.70. The summed E-state index contributed by atoms with van der Waals surface area (Å²) in [5.74, 6) is -0.589. The Balaban J connectivity index is 2.04. The number of rotatable bonds is 4. The molecule has 1 fully saturated rings. The van der Waals surface area contributed by atoms with Gasteiger partial charge in [-0.2, -0.15) is 13.2 Å². The number of hydrogen-bond donors (Lipinski definition) is 1. The highest BCUT2D eigenvalue weighted by atomic mass is 19.4. The number of β-amino-alcohol motifs (C(OH)–C–C–N with tert-alkyl or cyclic N) is 1. The monoisotopic (exact) mass is 330 g/mol. The van der Waals surface area contributed by atoms with Gasteiger partial charge in [0.05, 0.1) is 17.2 Å². The predicted octanol–water partition coefficient (Wildman–Crippen LogP) is 2.23. The Morgan fingerprint density at radius 2 is 1.83 bits per heavy atom. The van der Waals surface area contributed by atoms with Crippen molar-refractivity contribution < 1.29 is 23.1 Å². The zero-order chi connectivity index (χ0) is 17.0. The van der Waals surface area contributed by atoms with Crippen molar-refractivity contribution in [2.45, 2.75) is 25.6 Å². The molecule has 1 aliphatic rings. The Hall–Kier alpha value is -1.60. The van der Waals surface area contributed by atoms with Gasteiger partial charge in [0.15, 0.2) is 0 Å². The summed E-state index contributed by atoms with van der Waals surface area (Å²) in [6.07, 6.45) is -4.31. The van der Waals surface area contributed by atoms with Gasteiger partial charge < -0.3 is 10.0 Å². The summed E-state index contributed by atoms with van der Waals surface area (Å²) in [5, 5.41) is 9.64. The lowest BCUT2D eigenvalue weighted by atomic mass is 10.1. The van der Waals surface area contributed by atoms with Gasteiger partial charge in [0.25, 0.3) is 5.91 Å². The Morgan fingerprint density at radius 1 is 1.22 bits per heavy atom. The molecule has 1 aromatic rings. The highest BCUT2D eigenvalue weighted by molar-refractivity contribution is 5.96. The molecule has 4 nitrogen and oxygen atoms in total. The molecule has 1 heterocycles. The molecule has 0 bridgehead atoms. The zero-order valence-electron chi connectivity index (χ0n) is 13.0. The molecule has 7 heteroatoms. The maximum Gasteiger partial charge on any atom is 0.417 e. The van der Waals surface area contributed by atoms with E-state index in [1.54, 1.807) is 0 Å². The van der Waals surface area contributed by atoms with E-state index in [-0.39, 0.29) is 5.56 Å². The van der Waals surface area contributed by atoms with E-state index >= 15 is 0 Å². The lowest BCUT2D eigenvalue weighted by Crippen LogP contribution is -2.50. The molecule has 0 spiro atoms. The van der Waals surface area contributed by atoms with Crippen LogP contribution in [0.25, 0.3) is 0 Å². The van der Waals surface area contributed by atoms with E-state index in [1.165, 1.54) is 23.1 Å². The van der Waals surface area contributed by atoms with Crippen molar-refractivity contribution >= 4 is 5.91 Å². The molecular formula is C16H21F3N2O2. The van der Waals surface area contributed by atoms with Crippen LogP contribution in [0.4, 0.5) is 13.2 Å². The Bertz CT molecular complexity index is 540. The standard InChI is InChI=1S/C16H21F3N2O2/c1-2-12(22)11-20-7-9-21(10-8-20)15(23)13-5-3-4-6-14(13)16(17,18)19/h3-6,12,22H,2,7-11H2,1H3/t12-/m0/s1. The number of alkyl halides is 3. The molecule has 1 saturated heterocycles. The maximum absolute atomic E-state index is 13.0. The van der Waals surface area contributed by atoms with Gasteiger partial charge in [-0.1, -0.05) is 19.1 Å². The number of piperazine rings is 1. The smallest absolute Gasteiger partial charge is 0.392 e. The molecule has 128 valence electrons. The number of amides is 1. The molecule has 0 aromatic heterocycles. The zero-order valence-corrected chi connectivity index (χ0v) is 13.0. The van der Waals surface area contributed by atoms with E-state index in [0.29, 0.717) is 39.1 Å². The van der Waals surface area contributed by atoms with E-state index in [2.05, 4.69) is 0 Å². The van der Waals surface area contributed by atoms with Crippen molar-refractivity contribution in [2.75, 3.05) is 32.7 Å². The number of halogens is 3. The van der Waals surface area contributed by atoms with Crippen LogP contribution in [-0.4, -0.2) is 59.6 Å². The van der Waals surface area contributed by atoms with Crippen molar-refractivity contribution in [3.63, 3.8) is 0 Å².